The van der Waals surface area contributed by atoms with E-state index in [0.717, 1.165) is 0 Å². The van der Waals surface area contributed by atoms with Crippen LogP contribution in [0.1, 0.15) is 36.1 Å². The number of carbonyl (C=O) groups is 2. The number of carboxylic acids is 2. The molecule has 0 saturated heterocycles. The molecule has 0 amide bonds. The molecule has 0 aromatic carbocycles. The summed E-state index contributed by atoms with van der Waals surface area (Å²) in [4.78, 5) is 18.9. The fourth-order valence-electron chi connectivity index (χ4n) is 0.129. The number of hydrogen-bond acceptors (Lipinski definition) is 2. The third-order valence-corrected chi connectivity index (χ3v) is 0.302. The maximum atomic E-state index is 9.43. The Morgan fingerprint density at radius 2 is 0.867 bits per heavy atom. The molecule has 6 nitrogen and oxygen atoms in total. The van der Waals surface area contributed by atoms with Crippen LogP contribution < -0.4 is 0 Å². The van der Waals surface area contributed by atoms with Gasteiger partial charge in [0.05, 0.1) is 0 Å². The summed E-state index contributed by atoms with van der Waals surface area (Å²) >= 11 is 0. The maximum absolute atomic E-state index is 9.43. The zero-order chi connectivity index (χ0) is 5.86. The molecular formula is C7H24O6Y2. The van der Waals surface area contributed by atoms with E-state index in [1.165, 1.54) is 0 Å². The van der Waals surface area contributed by atoms with Gasteiger partial charge in [0.1, 0.15) is 6.42 Å². The number of hydrogen-bond donors (Lipinski definition) is 2. The van der Waals surface area contributed by atoms with Crippen LogP contribution in [0, 0.1) is 0 Å². The summed E-state index contributed by atoms with van der Waals surface area (Å²) < 4.78 is 0. The first-order valence-electron chi connectivity index (χ1n) is 1.56. The standard InChI is InChI=1S/C3H4O4.4CH4.2H2O.2Y/c4-2(5)1-3(6)7;;;;;;;;/h1H2,(H,4,5)(H,6,7);4*1H4;2*1H2;;. The molecule has 0 rings (SSSR count). The zero-order valence-corrected chi connectivity index (χ0v) is 11.2. The van der Waals surface area contributed by atoms with Crippen LogP contribution >= 0.6 is 0 Å². The second-order valence-corrected chi connectivity index (χ2v) is 0.964. The Balaban J connectivity index is -0.00000000643. The minimum Gasteiger partial charge on any atom is -0.481 e. The van der Waals surface area contributed by atoms with Gasteiger partial charge in [0.25, 0.3) is 0 Å². The topological polar surface area (TPSA) is 138 Å². The van der Waals surface area contributed by atoms with Crippen molar-refractivity contribution in [1.29, 1.82) is 0 Å². The smallest absolute Gasteiger partial charge is 0.314 e. The van der Waals surface area contributed by atoms with Gasteiger partial charge in [-0.3, -0.25) is 9.59 Å². The molecule has 0 aromatic heterocycles. The molecule has 0 aliphatic carbocycles. The summed E-state index contributed by atoms with van der Waals surface area (Å²) in [5.41, 5.74) is 0. The predicted molar refractivity (Wildman–Crippen MR) is 54.0 cm³/mol. The van der Waals surface area contributed by atoms with Crippen LogP contribution in [0.15, 0.2) is 0 Å². The Hall–Kier alpha value is 1.07. The Labute approximate surface area is 143 Å². The van der Waals surface area contributed by atoms with Crippen molar-refractivity contribution < 1.29 is 96.2 Å². The number of rotatable bonds is 2. The minimum absolute atomic E-state index is 0. The van der Waals surface area contributed by atoms with Gasteiger partial charge in [-0.05, 0) is 0 Å². The van der Waals surface area contributed by atoms with Gasteiger partial charge in [0.2, 0.25) is 0 Å². The summed E-state index contributed by atoms with van der Waals surface area (Å²) in [6.45, 7) is 0. The molecule has 8 heteroatoms. The van der Waals surface area contributed by atoms with Crippen molar-refractivity contribution in [2.75, 3.05) is 0 Å². The van der Waals surface area contributed by atoms with Gasteiger partial charge in [0, 0.05) is 65.4 Å². The Kier molecular flexibility index (Phi) is 223. The SMILES string of the molecule is C.C.C.C.O.O.O=C(O)CC(=O)O.[Y].[Y]. The van der Waals surface area contributed by atoms with Crippen molar-refractivity contribution >= 4 is 11.9 Å². The summed E-state index contributed by atoms with van der Waals surface area (Å²) in [5, 5.41) is 15.4. The van der Waals surface area contributed by atoms with Crippen LogP contribution in [-0.4, -0.2) is 33.1 Å². The first-order valence-corrected chi connectivity index (χ1v) is 1.56. The number of aliphatic carboxylic acids is 2. The summed E-state index contributed by atoms with van der Waals surface area (Å²) in [7, 11) is 0. The van der Waals surface area contributed by atoms with Crippen LogP contribution in [0.5, 0.6) is 0 Å². The van der Waals surface area contributed by atoms with Crippen molar-refractivity contribution in [2.45, 2.75) is 36.1 Å². The van der Waals surface area contributed by atoms with Crippen molar-refractivity contribution in [3.05, 3.63) is 0 Å². The van der Waals surface area contributed by atoms with E-state index >= 15 is 0 Å². The average Bonchev–Trinajstić information content (AvgIpc) is 1.27. The quantitative estimate of drug-likeness (QED) is 0.669. The molecule has 0 heterocycles. The third kappa shape index (κ3) is 100. The molecule has 0 aliphatic rings. The summed E-state index contributed by atoms with van der Waals surface area (Å²) in [5.74, 6) is -2.62. The molecule has 0 bridgehead atoms. The third-order valence-electron chi connectivity index (χ3n) is 0.302. The van der Waals surface area contributed by atoms with Crippen LogP contribution in [0.4, 0.5) is 0 Å². The van der Waals surface area contributed by atoms with Gasteiger partial charge in [-0.2, -0.15) is 0 Å². The zero-order valence-electron chi connectivity index (χ0n) is 5.57. The second kappa shape index (κ2) is 45.8. The Morgan fingerprint density at radius 1 is 0.733 bits per heavy atom. The molecule has 2 radical (unpaired) electrons. The minimum atomic E-state index is -1.31. The van der Waals surface area contributed by atoms with Crippen LogP contribution in [0.3, 0.4) is 0 Å². The van der Waals surface area contributed by atoms with Gasteiger partial charge in [0.15, 0.2) is 0 Å². The van der Waals surface area contributed by atoms with Crippen LogP contribution in [-0.2, 0) is 75.0 Å². The van der Waals surface area contributed by atoms with Gasteiger partial charge in [-0.25, -0.2) is 0 Å². The fourth-order valence-corrected chi connectivity index (χ4v) is 0.129. The van der Waals surface area contributed by atoms with Crippen molar-refractivity contribution in [2.24, 2.45) is 0 Å². The van der Waals surface area contributed by atoms with E-state index in [9.17, 15) is 9.59 Å². The van der Waals surface area contributed by atoms with E-state index in [0.29, 0.717) is 0 Å². The van der Waals surface area contributed by atoms with Crippen molar-refractivity contribution in [1.82, 2.24) is 0 Å². The van der Waals surface area contributed by atoms with E-state index in [1.807, 2.05) is 0 Å². The van der Waals surface area contributed by atoms with Gasteiger partial charge in [-0.15, -0.1) is 0 Å². The predicted octanol–water partition coefficient (Wildman–Crippen LogP) is 0.436. The molecule has 0 spiro atoms. The largest absolute Gasteiger partial charge is 0.481 e. The van der Waals surface area contributed by atoms with Crippen molar-refractivity contribution in [3.8, 4) is 0 Å². The first kappa shape index (κ1) is 73.0. The molecule has 15 heavy (non-hydrogen) atoms. The molecule has 0 atom stereocenters. The molecule has 0 unspecified atom stereocenters. The molecular weight excluding hydrogens is 358 g/mol. The Morgan fingerprint density at radius 3 is 0.867 bits per heavy atom. The van der Waals surface area contributed by atoms with Gasteiger partial charge >= 0.3 is 11.9 Å². The molecule has 94 valence electrons. The maximum Gasteiger partial charge on any atom is 0.314 e. The second-order valence-electron chi connectivity index (χ2n) is 0.964. The molecule has 6 N–H and O–H groups in total. The van der Waals surface area contributed by atoms with Crippen LogP contribution in [0.2, 0.25) is 0 Å². The Bertz CT molecular complexity index is 97.7. The molecule has 0 saturated carbocycles. The molecule has 0 aromatic rings. The first-order chi connectivity index (χ1) is 3.13. The van der Waals surface area contributed by atoms with E-state index in [2.05, 4.69) is 0 Å². The summed E-state index contributed by atoms with van der Waals surface area (Å²) in [6.07, 6.45) is -0.806. The fraction of sp³-hybridized carbons (Fsp3) is 0.714. The molecule has 0 aliphatic heterocycles. The number of carboxylic acid groups (broad SMARTS) is 2. The normalized spacial score (nSPS) is 3.73. The van der Waals surface area contributed by atoms with Crippen LogP contribution in [0.25, 0.3) is 0 Å². The van der Waals surface area contributed by atoms with Gasteiger partial charge in [-0.1, -0.05) is 29.7 Å². The van der Waals surface area contributed by atoms with E-state index < -0.39 is 18.4 Å². The monoisotopic (exact) mass is 382 g/mol. The molecule has 0 fully saturated rings. The van der Waals surface area contributed by atoms with Crippen molar-refractivity contribution in [3.63, 3.8) is 0 Å². The van der Waals surface area contributed by atoms with E-state index in [1.54, 1.807) is 0 Å². The van der Waals surface area contributed by atoms with E-state index in [4.69, 9.17) is 10.2 Å². The van der Waals surface area contributed by atoms with E-state index in [-0.39, 0.29) is 106 Å². The van der Waals surface area contributed by atoms with Gasteiger partial charge < -0.3 is 21.2 Å². The summed E-state index contributed by atoms with van der Waals surface area (Å²) in [6, 6.07) is 0. The average molecular weight is 382 g/mol.